The molecule has 1 saturated heterocycles. The molecule has 9 heteroatoms. The number of carbonyl (C=O) groups is 2. The molecule has 8 nitrogen and oxygen atoms in total. The molecule has 0 radical (unpaired) electrons. The van der Waals surface area contributed by atoms with Gasteiger partial charge in [-0.2, -0.15) is 0 Å². The Kier molecular flexibility index (Phi) is 6.93. The molecule has 0 saturated carbocycles. The van der Waals surface area contributed by atoms with E-state index in [0.29, 0.717) is 30.0 Å². The van der Waals surface area contributed by atoms with Crippen molar-refractivity contribution in [1.29, 1.82) is 0 Å². The number of benzene rings is 2. The van der Waals surface area contributed by atoms with Crippen LogP contribution in [0.3, 0.4) is 0 Å². The summed E-state index contributed by atoms with van der Waals surface area (Å²) in [5.41, 5.74) is -0.152. The van der Waals surface area contributed by atoms with Gasteiger partial charge in [-0.25, -0.2) is 9.18 Å². The van der Waals surface area contributed by atoms with Crippen LogP contribution < -0.4 is 15.6 Å². The van der Waals surface area contributed by atoms with Crippen molar-refractivity contribution in [3.05, 3.63) is 69.8 Å². The molecule has 178 valence electrons. The topological polar surface area (TPSA) is 112 Å². The van der Waals surface area contributed by atoms with Gasteiger partial charge in [0.25, 0.3) is 11.5 Å². The van der Waals surface area contributed by atoms with Crippen molar-refractivity contribution in [2.75, 3.05) is 31.6 Å². The maximum atomic E-state index is 13.5. The Balaban J connectivity index is 1.49. The summed E-state index contributed by atoms with van der Waals surface area (Å²) < 4.78 is 19.3. The van der Waals surface area contributed by atoms with E-state index < -0.39 is 23.3 Å². The summed E-state index contributed by atoms with van der Waals surface area (Å²) in [4.78, 5) is 41.6. The van der Waals surface area contributed by atoms with E-state index in [1.807, 2.05) is 0 Å². The van der Waals surface area contributed by atoms with Crippen LogP contribution in [0.2, 0.25) is 0 Å². The molecule has 2 aromatic carbocycles. The van der Waals surface area contributed by atoms with Crippen molar-refractivity contribution >= 4 is 28.5 Å². The predicted molar refractivity (Wildman–Crippen MR) is 126 cm³/mol. The first-order valence-corrected chi connectivity index (χ1v) is 11.2. The second-order valence-electron chi connectivity index (χ2n) is 8.59. The number of fused-ring (bicyclic) bond motifs is 1. The zero-order valence-electron chi connectivity index (χ0n) is 18.8. The summed E-state index contributed by atoms with van der Waals surface area (Å²) in [6.07, 6.45) is 2.25. The average Bonchev–Trinajstić information content (AvgIpc) is 2.80. The molecule has 2 heterocycles. The minimum absolute atomic E-state index is 0.0238. The lowest BCUT2D eigenvalue weighted by Gasteiger charge is -2.30. The van der Waals surface area contributed by atoms with Gasteiger partial charge < -0.3 is 20.1 Å². The maximum absolute atomic E-state index is 13.5. The van der Waals surface area contributed by atoms with Gasteiger partial charge in [0.05, 0.1) is 0 Å². The van der Waals surface area contributed by atoms with E-state index in [2.05, 4.69) is 22.1 Å². The molecule has 3 aromatic rings. The smallest absolute Gasteiger partial charge is 0.339 e. The summed E-state index contributed by atoms with van der Waals surface area (Å²) in [5, 5.41) is 12.5. The number of nitrogens with one attached hydrogen (secondary N) is 2. The molecule has 0 atom stereocenters. The van der Waals surface area contributed by atoms with E-state index >= 15 is 0 Å². The molecule has 0 bridgehead atoms. The fraction of sp³-hybridized carbons (Fsp3) is 0.320. The van der Waals surface area contributed by atoms with E-state index in [1.54, 1.807) is 0 Å². The van der Waals surface area contributed by atoms with E-state index in [9.17, 15) is 23.9 Å². The lowest BCUT2D eigenvalue weighted by Crippen LogP contribution is -2.35. The van der Waals surface area contributed by atoms with Gasteiger partial charge in [-0.15, -0.1) is 0 Å². The van der Waals surface area contributed by atoms with E-state index in [0.717, 1.165) is 25.9 Å². The molecule has 34 heavy (non-hydrogen) atoms. The van der Waals surface area contributed by atoms with Gasteiger partial charge in [-0.1, -0.05) is 6.92 Å². The van der Waals surface area contributed by atoms with Crippen LogP contribution in [0.5, 0.6) is 5.75 Å². The second-order valence-corrected chi connectivity index (χ2v) is 8.59. The highest BCUT2D eigenvalue weighted by molar-refractivity contribution is 6.06. The van der Waals surface area contributed by atoms with Crippen LogP contribution >= 0.6 is 0 Å². The monoisotopic (exact) mass is 467 g/mol. The van der Waals surface area contributed by atoms with Gasteiger partial charge in [0.2, 0.25) is 0 Å². The summed E-state index contributed by atoms with van der Waals surface area (Å²) >= 11 is 0. The van der Waals surface area contributed by atoms with Crippen LogP contribution in [0.15, 0.2) is 47.3 Å². The third-order valence-electron chi connectivity index (χ3n) is 6.06. The lowest BCUT2D eigenvalue weighted by atomic mass is 9.99. The highest BCUT2D eigenvalue weighted by atomic mass is 19.1. The van der Waals surface area contributed by atoms with Gasteiger partial charge in [0.15, 0.2) is 0 Å². The number of anilines is 1. The average molecular weight is 467 g/mol. The number of carboxylic acid groups (broad SMARTS) is 1. The van der Waals surface area contributed by atoms with Crippen LogP contribution in [0.1, 0.15) is 40.5 Å². The number of halogens is 1. The third-order valence-corrected chi connectivity index (χ3v) is 6.06. The second kappa shape index (κ2) is 10.0. The maximum Gasteiger partial charge on any atom is 0.339 e. The number of aromatic nitrogens is 1. The van der Waals surface area contributed by atoms with Gasteiger partial charge in [-0.3, -0.25) is 14.5 Å². The first kappa shape index (κ1) is 23.4. The highest BCUT2D eigenvalue weighted by Crippen LogP contribution is 2.25. The molecule has 1 aliphatic heterocycles. The Morgan fingerprint density at radius 2 is 1.91 bits per heavy atom. The van der Waals surface area contributed by atoms with Crippen LogP contribution in [0.4, 0.5) is 10.1 Å². The Hall–Kier alpha value is -3.72. The molecule has 4 rings (SSSR count). The molecule has 3 N–H and O–H groups in total. The summed E-state index contributed by atoms with van der Waals surface area (Å²) in [5.74, 6) is -1.50. The van der Waals surface area contributed by atoms with Gasteiger partial charge in [-0.05, 0) is 68.2 Å². The van der Waals surface area contributed by atoms with Crippen molar-refractivity contribution in [3.63, 3.8) is 0 Å². The number of H-pyrrole nitrogens is 1. The van der Waals surface area contributed by atoms with Crippen LogP contribution in [-0.4, -0.2) is 53.1 Å². The number of nitrogens with zero attached hydrogens (tertiary/aromatic N) is 1. The predicted octanol–water partition coefficient (Wildman–Crippen LogP) is 3.73. The Bertz CT molecular complexity index is 1280. The Morgan fingerprint density at radius 1 is 1.15 bits per heavy atom. The lowest BCUT2D eigenvalue weighted by molar-refractivity contribution is 0.0691. The summed E-state index contributed by atoms with van der Waals surface area (Å²) in [6, 6.07) is 9.37. The number of carbonyl (C=O) groups excluding carboxylic acids is 1. The molecule has 0 unspecified atom stereocenters. The van der Waals surface area contributed by atoms with Crippen molar-refractivity contribution in [2.45, 2.75) is 19.8 Å². The van der Waals surface area contributed by atoms with Gasteiger partial charge in [0.1, 0.15) is 29.3 Å². The minimum atomic E-state index is -1.15. The summed E-state index contributed by atoms with van der Waals surface area (Å²) in [7, 11) is 0. The number of rotatable bonds is 7. The molecular formula is C25H26FN3O5. The molecule has 0 spiro atoms. The molecule has 0 aliphatic carbocycles. The highest BCUT2D eigenvalue weighted by Gasteiger charge is 2.18. The summed E-state index contributed by atoms with van der Waals surface area (Å²) in [6.45, 7) is 5.18. The molecule has 1 aliphatic rings. The Morgan fingerprint density at radius 3 is 2.65 bits per heavy atom. The first-order valence-electron chi connectivity index (χ1n) is 11.2. The normalized spacial score (nSPS) is 14.8. The fourth-order valence-electron chi connectivity index (χ4n) is 4.01. The fourth-order valence-corrected chi connectivity index (χ4v) is 4.01. The number of pyridine rings is 1. The van der Waals surface area contributed by atoms with E-state index in [1.165, 1.54) is 42.5 Å². The zero-order chi connectivity index (χ0) is 24.2. The van der Waals surface area contributed by atoms with Crippen LogP contribution in [0.25, 0.3) is 10.9 Å². The van der Waals surface area contributed by atoms with Crippen molar-refractivity contribution in [1.82, 2.24) is 9.88 Å². The van der Waals surface area contributed by atoms with Crippen LogP contribution in [-0.2, 0) is 0 Å². The standard InChI is InChI=1S/C25H26FN3O5/c1-15-6-8-29(9-7-15)10-11-34-22-14-18(3-4-19(22)25(32)33)27-23(30)20-13-16-12-17(26)2-5-21(16)28-24(20)31/h2-5,12-15H,6-11H2,1H3,(H,27,30)(H,28,31)(H,32,33). The van der Waals surface area contributed by atoms with E-state index in [-0.39, 0.29) is 22.6 Å². The molecule has 1 fully saturated rings. The number of aromatic amines is 1. The zero-order valence-corrected chi connectivity index (χ0v) is 18.8. The number of piperidine rings is 1. The van der Waals surface area contributed by atoms with Gasteiger partial charge >= 0.3 is 5.97 Å². The van der Waals surface area contributed by atoms with Crippen LogP contribution in [0, 0.1) is 11.7 Å². The van der Waals surface area contributed by atoms with Crippen molar-refractivity contribution in [2.24, 2.45) is 5.92 Å². The van der Waals surface area contributed by atoms with E-state index in [4.69, 9.17) is 4.74 Å². The number of likely N-dealkylation sites (tertiary alicyclic amines) is 1. The van der Waals surface area contributed by atoms with Crippen molar-refractivity contribution < 1.29 is 23.8 Å². The molecule has 1 aromatic heterocycles. The van der Waals surface area contributed by atoms with Gasteiger partial charge in [0, 0.05) is 29.2 Å². The van der Waals surface area contributed by atoms with Crippen molar-refractivity contribution in [3.8, 4) is 5.75 Å². The number of ether oxygens (including phenoxy) is 1. The minimum Gasteiger partial charge on any atom is -0.491 e. The largest absolute Gasteiger partial charge is 0.491 e. The number of carboxylic acids is 1. The number of hydrogen-bond donors (Lipinski definition) is 3. The third kappa shape index (κ3) is 5.43. The quantitative estimate of drug-likeness (QED) is 0.488. The number of hydrogen-bond acceptors (Lipinski definition) is 5. The SMILES string of the molecule is CC1CCN(CCOc2cc(NC(=O)c3cc4cc(F)ccc4[nH]c3=O)ccc2C(=O)O)CC1. The molecular weight excluding hydrogens is 441 g/mol. The molecule has 1 amide bonds. The number of aromatic carboxylic acids is 1. The first-order chi connectivity index (χ1) is 16.3. The number of amides is 1. The Labute approximate surface area is 195 Å².